The molecule has 5 nitrogen and oxygen atoms in total. The number of sulfone groups is 1. The van der Waals surface area contributed by atoms with Crippen molar-refractivity contribution in [3.05, 3.63) is 76.9 Å². The summed E-state index contributed by atoms with van der Waals surface area (Å²) >= 11 is 6.06. The van der Waals surface area contributed by atoms with E-state index in [-0.39, 0.29) is 22.2 Å². The first-order chi connectivity index (χ1) is 13.3. The highest BCUT2D eigenvalue weighted by molar-refractivity contribution is 7.90. The Bertz CT molecular complexity index is 1310. The fourth-order valence-electron chi connectivity index (χ4n) is 2.79. The van der Waals surface area contributed by atoms with Crippen molar-refractivity contribution in [2.24, 2.45) is 0 Å². The molecule has 0 saturated carbocycles. The van der Waals surface area contributed by atoms with Crippen molar-refractivity contribution < 1.29 is 17.2 Å². The molecule has 0 aliphatic rings. The van der Waals surface area contributed by atoms with E-state index in [9.17, 15) is 17.2 Å². The van der Waals surface area contributed by atoms with Crippen LogP contribution < -0.4 is 0 Å². The molecule has 0 amide bonds. The van der Waals surface area contributed by atoms with Gasteiger partial charge in [0.1, 0.15) is 11.5 Å². The van der Waals surface area contributed by atoms with Crippen molar-refractivity contribution in [3.63, 3.8) is 0 Å². The lowest BCUT2D eigenvalue weighted by atomic mass is 10.2. The van der Waals surface area contributed by atoms with Crippen LogP contribution in [0.5, 0.6) is 0 Å². The molecule has 0 fully saturated rings. The van der Waals surface area contributed by atoms with E-state index >= 15 is 0 Å². The number of hydrogen-bond acceptors (Lipinski definition) is 4. The lowest BCUT2D eigenvalue weighted by Crippen LogP contribution is -2.05. The van der Waals surface area contributed by atoms with Gasteiger partial charge in [0.2, 0.25) is 0 Å². The second kappa shape index (κ2) is 6.96. The fraction of sp³-hybridized carbons (Fsp3) is 0.0526. The lowest BCUT2D eigenvalue weighted by molar-refractivity contribution is 0.575. The minimum atomic E-state index is -3.67. The molecule has 28 heavy (non-hydrogen) atoms. The van der Waals surface area contributed by atoms with Gasteiger partial charge in [-0.25, -0.2) is 27.2 Å². The smallest absolute Gasteiger partial charge is 0.182 e. The molecule has 0 saturated heterocycles. The van der Waals surface area contributed by atoms with Crippen molar-refractivity contribution in [2.45, 2.75) is 10.6 Å². The van der Waals surface area contributed by atoms with Crippen molar-refractivity contribution in [1.29, 1.82) is 0 Å². The zero-order valence-corrected chi connectivity index (χ0v) is 15.7. The van der Waals surface area contributed by atoms with Crippen LogP contribution in [0.15, 0.2) is 59.6 Å². The minimum Gasteiger partial charge on any atom is -0.337 e. The predicted molar refractivity (Wildman–Crippen MR) is 102 cm³/mol. The van der Waals surface area contributed by atoms with Crippen LogP contribution >= 0.6 is 11.6 Å². The number of H-pyrrole nitrogens is 1. The Hall–Kier alpha value is -2.84. The zero-order chi connectivity index (χ0) is 19.9. The van der Waals surface area contributed by atoms with E-state index in [0.29, 0.717) is 27.7 Å². The molecule has 0 unspecified atom stereocenters. The third-order valence-electron chi connectivity index (χ3n) is 4.15. The van der Waals surface area contributed by atoms with Gasteiger partial charge in [-0.1, -0.05) is 29.8 Å². The van der Waals surface area contributed by atoms with Crippen molar-refractivity contribution in [1.82, 2.24) is 15.0 Å². The molecule has 2 heterocycles. The Kier molecular flexibility index (Phi) is 4.60. The number of aromatic amines is 1. The molecule has 0 atom stereocenters. The number of halogens is 3. The van der Waals surface area contributed by atoms with Crippen LogP contribution in [-0.4, -0.2) is 23.4 Å². The molecule has 9 heteroatoms. The standard InChI is InChI=1S/C19H12ClF2N3O2S/c20-14-4-2-1-3-11(14)10-28(26,27)13-5-6-16-17(8-13)25-19(24-16)18-15(22)7-12(21)9-23-18/h1-9H,10H2,(H,24,25). The third kappa shape index (κ3) is 3.48. The average Bonchev–Trinajstić information content (AvgIpc) is 3.06. The van der Waals surface area contributed by atoms with E-state index in [0.717, 1.165) is 6.20 Å². The van der Waals surface area contributed by atoms with Crippen LogP contribution in [0.3, 0.4) is 0 Å². The Morgan fingerprint density at radius 2 is 1.86 bits per heavy atom. The maximum absolute atomic E-state index is 13.9. The van der Waals surface area contributed by atoms with Gasteiger partial charge in [-0.15, -0.1) is 0 Å². The maximum Gasteiger partial charge on any atom is 0.182 e. The minimum absolute atomic E-state index is 0.0719. The van der Waals surface area contributed by atoms with E-state index in [2.05, 4.69) is 15.0 Å². The van der Waals surface area contributed by atoms with Crippen LogP contribution in [0.25, 0.3) is 22.6 Å². The van der Waals surface area contributed by atoms with Gasteiger partial charge in [0.15, 0.2) is 21.5 Å². The predicted octanol–water partition coefficient (Wildman–Crippen LogP) is 4.53. The zero-order valence-electron chi connectivity index (χ0n) is 14.2. The normalized spacial score (nSPS) is 11.8. The number of imidazole rings is 1. The summed E-state index contributed by atoms with van der Waals surface area (Å²) in [4.78, 5) is 10.8. The van der Waals surface area contributed by atoms with Gasteiger partial charge < -0.3 is 4.98 Å². The molecule has 0 bridgehead atoms. The van der Waals surface area contributed by atoms with E-state index in [1.807, 2.05) is 0 Å². The fourth-order valence-corrected chi connectivity index (χ4v) is 4.47. The van der Waals surface area contributed by atoms with Crippen molar-refractivity contribution in [2.75, 3.05) is 0 Å². The van der Waals surface area contributed by atoms with Crippen molar-refractivity contribution >= 4 is 32.5 Å². The number of pyridine rings is 1. The second-order valence-corrected chi connectivity index (χ2v) is 8.50. The number of nitrogens with zero attached hydrogens (tertiary/aromatic N) is 2. The van der Waals surface area contributed by atoms with Gasteiger partial charge in [-0.2, -0.15) is 0 Å². The number of hydrogen-bond donors (Lipinski definition) is 1. The molecule has 4 rings (SSSR count). The molecule has 0 aliphatic heterocycles. The van der Waals surface area contributed by atoms with E-state index < -0.39 is 21.5 Å². The highest BCUT2D eigenvalue weighted by Gasteiger charge is 2.19. The molecular formula is C19H12ClF2N3O2S. The third-order valence-corrected chi connectivity index (χ3v) is 6.18. The molecule has 0 spiro atoms. The molecule has 4 aromatic rings. The summed E-state index contributed by atoms with van der Waals surface area (Å²) in [5.41, 5.74) is 1.16. The first kappa shape index (κ1) is 18.5. The van der Waals surface area contributed by atoms with E-state index in [1.54, 1.807) is 24.3 Å². The van der Waals surface area contributed by atoms with E-state index in [1.165, 1.54) is 18.2 Å². The molecular weight excluding hydrogens is 408 g/mol. The van der Waals surface area contributed by atoms with Crippen molar-refractivity contribution in [3.8, 4) is 11.5 Å². The van der Waals surface area contributed by atoms with Crippen LogP contribution in [0.2, 0.25) is 5.02 Å². The van der Waals surface area contributed by atoms with Crippen LogP contribution in [0, 0.1) is 11.6 Å². The molecule has 2 aromatic carbocycles. The quantitative estimate of drug-likeness (QED) is 0.527. The number of rotatable bonds is 4. The molecule has 2 aromatic heterocycles. The summed E-state index contributed by atoms with van der Waals surface area (Å²) in [5.74, 6) is -1.85. The number of fused-ring (bicyclic) bond motifs is 1. The summed E-state index contributed by atoms with van der Waals surface area (Å²) in [6.45, 7) is 0. The highest BCUT2D eigenvalue weighted by Crippen LogP contribution is 2.26. The molecule has 1 N–H and O–H groups in total. The summed E-state index contributed by atoms with van der Waals surface area (Å²) in [5, 5.41) is 0.369. The molecule has 0 aliphatic carbocycles. The Morgan fingerprint density at radius 3 is 2.61 bits per heavy atom. The molecule has 142 valence electrons. The van der Waals surface area contributed by atoms with Crippen LogP contribution in [0.4, 0.5) is 8.78 Å². The monoisotopic (exact) mass is 419 g/mol. The number of benzene rings is 2. The Labute approximate surface area is 164 Å². The Morgan fingerprint density at radius 1 is 1.07 bits per heavy atom. The van der Waals surface area contributed by atoms with Gasteiger partial charge in [-0.3, -0.25) is 0 Å². The van der Waals surface area contributed by atoms with E-state index in [4.69, 9.17) is 11.6 Å². The van der Waals surface area contributed by atoms with Crippen LogP contribution in [-0.2, 0) is 15.6 Å². The average molecular weight is 420 g/mol. The van der Waals surface area contributed by atoms with Gasteiger partial charge >= 0.3 is 0 Å². The number of nitrogens with one attached hydrogen (secondary N) is 1. The van der Waals surface area contributed by atoms with Gasteiger partial charge in [0.05, 0.1) is 27.9 Å². The van der Waals surface area contributed by atoms with Crippen LogP contribution in [0.1, 0.15) is 5.56 Å². The SMILES string of the molecule is O=S(=O)(Cc1ccccc1Cl)c1ccc2nc(-c3ncc(F)cc3F)[nH]c2c1. The first-order valence-electron chi connectivity index (χ1n) is 8.11. The summed E-state index contributed by atoms with van der Waals surface area (Å²) in [6.07, 6.45) is 0.880. The van der Waals surface area contributed by atoms with Gasteiger partial charge in [0, 0.05) is 11.1 Å². The maximum atomic E-state index is 13.9. The topological polar surface area (TPSA) is 75.7 Å². The first-order valence-corrected chi connectivity index (χ1v) is 10.1. The molecule has 0 radical (unpaired) electrons. The van der Waals surface area contributed by atoms with Gasteiger partial charge in [-0.05, 0) is 29.8 Å². The second-order valence-electron chi connectivity index (χ2n) is 6.10. The largest absolute Gasteiger partial charge is 0.337 e. The summed E-state index contributed by atoms with van der Waals surface area (Å²) < 4.78 is 52.5. The summed E-state index contributed by atoms with van der Waals surface area (Å²) in [6, 6.07) is 11.8. The number of aromatic nitrogens is 3. The summed E-state index contributed by atoms with van der Waals surface area (Å²) in [7, 11) is -3.67. The Balaban J connectivity index is 1.73. The van der Waals surface area contributed by atoms with Gasteiger partial charge in [0.25, 0.3) is 0 Å². The lowest BCUT2D eigenvalue weighted by Gasteiger charge is -2.06. The highest BCUT2D eigenvalue weighted by atomic mass is 35.5.